The minimum atomic E-state index is -0.332. The fraction of sp³-hybridized carbons (Fsp3) is 0.941. The third-order valence-electron chi connectivity index (χ3n) is 4.02. The highest BCUT2D eigenvalue weighted by molar-refractivity contribution is 5.81. The number of hydrogen-bond donors (Lipinski definition) is 2. The van der Waals surface area contributed by atoms with E-state index in [-0.39, 0.29) is 24.0 Å². The van der Waals surface area contributed by atoms with E-state index in [4.69, 9.17) is 5.11 Å². The summed E-state index contributed by atoms with van der Waals surface area (Å²) >= 11 is 0. The van der Waals surface area contributed by atoms with Crippen LogP contribution in [0.4, 0.5) is 0 Å². The Hall–Kier alpha value is -0.610. The highest BCUT2D eigenvalue weighted by atomic mass is 16.2. The third-order valence-corrected chi connectivity index (χ3v) is 4.02. The van der Waals surface area contributed by atoms with Gasteiger partial charge < -0.3 is 15.3 Å². The van der Waals surface area contributed by atoms with Crippen molar-refractivity contribution in [1.29, 1.82) is 0 Å². The van der Waals surface area contributed by atoms with E-state index in [0.717, 1.165) is 38.9 Å². The largest absolute Gasteiger partial charge is 0.396 e. The zero-order valence-corrected chi connectivity index (χ0v) is 14.5. The van der Waals surface area contributed by atoms with Gasteiger partial charge in [0.25, 0.3) is 0 Å². The first-order valence-electron chi connectivity index (χ1n) is 8.36. The van der Waals surface area contributed by atoms with Crippen LogP contribution in [0.15, 0.2) is 0 Å². The van der Waals surface area contributed by atoms with Gasteiger partial charge in [-0.05, 0) is 31.1 Å². The Morgan fingerprint density at radius 1 is 1.33 bits per heavy atom. The van der Waals surface area contributed by atoms with Gasteiger partial charge in [-0.25, -0.2) is 0 Å². The van der Waals surface area contributed by atoms with E-state index in [1.165, 1.54) is 0 Å². The molecule has 0 aromatic carbocycles. The van der Waals surface area contributed by atoms with E-state index in [1.807, 2.05) is 20.8 Å². The Morgan fingerprint density at radius 2 is 2.00 bits per heavy atom. The molecule has 1 fully saturated rings. The number of piperidine rings is 1. The Labute approximate surface area is 130 Å². The van der Waals surface area contributed by atoms with Gasteiger partial charge in [-0.2, -0.15) is 0 Å². The molecule has 2 atom stereocenters. The molecule has 1 aliphatic rings. The van der Waals surface area contributed by atoms with Gasteiger partial charge in [-0.3, -0.25) is 4.79 Å². The quantitative estimate of drug-likeness (QED) is 0.791. The molecule has 1 aliphatic heterocycles. The van der Waals surface area contributed by atoms with E-state index >= 15 is 0 Å². The predicted molar refractivity (Wildman–Crippen MR) is 87.1 cm³/mol. The molecule has 1 amide bonds. The lowest BCUT2D eigenvalue weighted by Crippen LogP contribution is -2.53. The van der Waals surface area contributed by atoms with Crippen molar-refractivity contribution in [1.82, 2.24) is 10.2 Å². The molecule has 0 radical (unpaired) electrons. The van der Waals surface area contributed by atoms with Crippen molar-refractivity contribution < 1.29 is 9.90 Å². The second-order valence-corrected chi connectivity index (χ2v) is 8.00. The van der Waals surface area contributed by atoms with Crippen LogP contribution >= 0.6 is 0 Å². The summed E-state index contributed by atoms with van der Waals surface area (Å²) in [6.07, 6.45) is 2.95. The smallest absolute Gasteiger partial charge is 0.225 e. The van der Waals surface area contributed by atoms with Gasteiger partial charge in [0.2, 0.25) is 5.91 Å². The third kappa shape index (κ3) is 6.79. The monoisotopic (exact) mass is 298 g/mol. The van der Waals surface area contributed by atoms with Crippen molar-refractivity contribution in [2.24, 2.45) is 17.3 Å². The minimum absolute atomic E-state index is 0.139. The van der Waals surface area contributed by atoms with Gasteiger partial charge in [-0.15, -0.1) is 0 Å². The topological polar surface area (TPSA) is 52.6 Å². The van der Waals surface area contributed by atoms with Crippen molar-refractivity contribution in [2.75, 3.05) is 26.2 Å². The Kier molecular flexibility index (Phi) is 7.14. The Balaban J connectivity index is 2.62. The maximum absolute atomic E-state index is 12.2. The van der Waals surface area contributed by atoms with Gasteiger partial charge >= 0.3 is 0 Å². The molecule has 0 aliphatic carbocycles. The zero-order valence-electron chi connectivity index (χ0n) is 14.5. The number of hydrogen-bond acceptors (Lipinski definition) is 3. The second-order valence-electron chi connectivity index (χ2n) is 8.00. The summed E-state index contributed by atoms with van der Waals surface area (Å²) in [6.45, 7) is 13.7. The van der Waals surface area contributed by atoms with Crippen molar-refractivity contribution in [3.8, 4) is 0 Å². The normalized spacial score (nSPS) is 24.3. The second kappa shape index (κ2) is 8.14. The molecule has 2 N–H and O–H groups in total. The van der Waals surface area contributed by atoms with E-state index in [9.17, 15) is 4.79 Å². The van der Waals surface area contributed by atoms with E-state index in [1.54, 1.807) is 0 Å². The van der Waals surface area contributed by atoms with Gasteiger partial charge in [0.15, 0.2) is 0 Å². The Bertz CT molecular complexity index is 323. The first-order valence-corrected chi connectivity index (χ1v) is 8.36. The van der Waals surface area contributed by atoms with Crippen LogP contribution in [-0.4, -0.2) is 48.2 Å². The minimum Gasteiger partial charge on any atom is -0.396 e. The molecular formula is C17H34N2O2. The number of nitrogens with one attached hydrogen (secondary N) is 1. The summed E-state index contributed by atoms with van der Waals surface area (Å²) in [7, 11) is 0. The van der Waals surface area contributed by atoms with Crippen LogP contribution in [0.3, 0.4) is 0 Å². The van der Waals surface area contributed by atoms with Crippen LogP contribution in [0.5, 0.6) is 0 Å². The Morgan fingerprint density at radius 3 is 2.52 bits per heavy atom. The molecular weight excluding hydrogens is 264 g/mol. The summed E-state index contributed by atoms with van der Waals surface area (Å²) in [5.74, 6) is 1.36. The SMILES string of the molecule is CC(C)CN1CC(CCCO)CC(NC(=O)C(C)(C)C)C1. The maximum atomic E-state index is 12.2. The summed E-state index contributed by atoms with van der Waals surface area (Å²) in [4.78, 5) is 14.7. The fourth-order valence-corrected chi connectivity index (χ4v) is 3.06. The average Bonchev–Trinajstić information content (AvgIpc) is 2.34. The van der Waals surface area contributed by atoms with Crippen LogP contribution < -0.4 is 5.32 Å². The van der Waals surface area contributed by atoms with Crippen molar-refractivity contribution in [3.05, 3.63) is 0 Å². The van der Waals surface area contributed by atoms with Crippen LogP contribution in [0.1, 0.15) is 53.9 Å². The molecule has 0 aromatic rings. The molecule has 0 saturated carbocycles. The van der Waals surface area contributed by atoms with Crippen LogP contribution in [0, 0.1) is 17.3 Å². The lowest BCUT2D eigenvalue weighted by Gasteiger charge is -2.39. The number of aliphatic hydroxyl groups excluding tert-OH is 1. The van der Waals surface area contributed by atoms with Crippen LogP contribution in [-0.2, 0) is 4.79 Å². The molecule has 1 rings (SSSR count). The number of nitrogens with zero attached hydrogens (tertiary/aromatic N) is 1. The lowest BCUT2D eigenvalue weighted by atomic mass is 9.88. The molecule has 0 aromatic heterocycles. The van der Waals surface area contributed by atoms with Gasteiger partial charge in [0, 0.05) is 37.7 Å². The predicted octanol–water partition coefficient (Wildman–Crippen LogP) is 2.27. The lowest BCUT2D eigenvalue weighted by molar-refractivity contribution is -0.129. The highest BCUT2D eigenvalue weighted by Crippen LogP contribution is 2.23. The number of aliphatic hydroxyl groups is 1. The number of rotatable bonds is 6. The van der Waals surface area contributed by atoms with E-state index < -0.39 is 0 Å². The first kappa shape index (κ1) is 18.4. The van der Waals surface area contributed by atoms with Crippen molar-refractivity contribution in [2.45, 2.75) is 59.9 Å². The maximum Gasteiger partial charge on any atom is 0.225 e. The number of carbonyl (C=O) groups excluding carboxylic acids is 1. The number of amides is 1. The van der Waals surface area contributed by atoms with Crippen molar-refractivity contribution in [3.63, 3.8) is 0 Å². The summed E-state index contributed by atoms with van der Waals surface area (Å²) in [5.41, 5.74) is -0.332. The van der Waals surface area contributed by atoms with E-state index in [2.05, 4.69) is 24.1 Å². The van der Waals surface area contributed by atoms with Gasteiger partial charge in [0.1, 0.15) is 0 Å². The average molecular weight is 298 g/mol. The summed E-state index contributed by atoms with van der Waals surface area (Å²) < 4.78 is 0. The summed E-state index contributed by atoms with van der Waals surface area (Å²) in [6, 6.07) is 0.243. The molecule has 2 unspecified atom stereocenters. The molecule has 4 heteroatoms. The fourth-order valence-electron chi connectivity index (χ4n) is 3.06. The molecule has 4 nitrogen and oxygen atoms in total. The zero-order chi connectivity index (χ0) is 16.0. The number of carbonyl (C=O) groups is 1. The molecule has 1 saturated heterocycles. The molecule has 1 heterocycles. The van der Waals surface area contributed by atoms with Crippen LogP contribution in [0.2, 0.25) is 0 Å². The summed E-state index contributed by atoms with van der Waals surface area (Å²) in [5, 5.41) is 12.3. The van der Waals surface area contributed by atoms with Crippen molar-refractivity contribution >= 4 is 5.91 Å². The van der Waals surface area contributed by atoms with E-state index in [0.29, 0.717) is 11.8 Å². The molecule has 0 spiro atoms. The standard InChI is InChI=1S/C17H34N2O2/c1-13(2)10-19-11-14(7-6-8-20)9-15(12-19)18-16(21)17(3,4)5/h13-15,20H,6-12H2,1-5H3,(H,18,21). The molecule has 124 valence electrons. The van der Waals surface area contributed by atoms with Crippen LogP contribution in [0.25, 0.3) is 0 Å². The molecule has 21 heavy (non-hydrogen) atoms. The van der Waals surface area contributed by atoms with Gasteiger partial charge in [0.05, 0.1) is 0 Å². The van der Waals surface area contributed by atoms with Gasteiger partial charge in [-0.1, -0.05) is 34.6 Å². The highest BCUT2D eigenvalue weighted by Gasteiger charge is 2.30. The molecule has 0 bridgehead atoms. The first-order chi connectivity index (χ1) is 9.72. The number of likely N-dealkylation sites (tertiary alicyclic amines) is 1.